The van der Waals surface area contributed by atoms with E-state index in [9.17, 15) is 5.11 Å². The summed E-state index contributed by atoms with van der Waals surface area (Å²) in [6.07, 6.45) is 0. The Morgan fingerprint density at radius 3 is 2.71 bits per heavy atom. The Labute approximate surface area is 104 Å². The van der Waals surface area contributed by atoms with Gasteiger partial charge in [0.05, 0.1) is 6.61 Å². The molecule has 17 heavy (non-hydrogen) atoms. The lowest BCUT2D eigenvalue weighted by Gasteiger charge is -2.41. The second-order valence-corrected chi connectivity index (χ2v) is 4.71. The summed E-state index contributed by atoms with van der Waals surface area (Å²) in [5.41, 5.74) is 2.22. The van der Waals surface area contributed by atoms with Crippen molar-refractivity contribution in [2.45, 2.75) is 26.5 Å². The zero-order valence-corrected chi connectivity index (χ0v) is 10.8. The lowest BCUT2D eigenvalue weighted by atomic mass is 10.1. The van der Waals surface area contributed by atoms with Gasteiger partial charge in [0.2, 0.25) is 0 Å². The molecule has 0 bridgehead atoms. The number of rotatable bonds is 3. The third kappa shape index (κ3) is 2.61. The van der Waals surface area contributed by atoms with Gasteiger partial charge in [-0.15, -0.1) is 0 Å². The van der Waals surface area contributed by atoms with Crippen molar-refractivity contribution in [2.24, 2.45) is 0 Å². The van der Waals surface area contributed by atoms with Crippen LogP contribution in [0.5, 0.6) is 0 Å². The number of aliphatic hydroxyl groups excluding tert-OH is 1. The van der Waals surface area contributed by atoms with Gasteiger partial charge in [-0.1, -0.05) is 25.1 Å². The van der Waals surface area contributed by atoms with Crippen molar-refractivity contribution < 1.29 is 5.11 Å². The highest BCUT2D eigenvalue weighted by atomic mass is 16.3. The maximum atomic E-state index is 9.38. The molecule has 1 N–H and O–H groups in total. The molecule has 0 aliphatic carbocycles. The third-order valence-electron chi connectivity index (χ3n) is 3.67. The minimum absolute atomic E-state index is 0.124. The molecule has 0 radical (unpaired) electrons. The zero-order valence-electron chi connectivity index (χ0n) is 10.8. The first-order valence-electron chi connectivity index (χ1n) is 6.44. The highest BCUT2D eigenvalue weighted by Gasteiger charge is 2.23. The molecule has 1 aliphatic rings. The maximum Gasteiger partial charge on any atom is 0.0702 e. The Kier molecular flexibility index (Phi) is 4.02. The molecule has 1 aromatic carbocycles. The molecule has 1 atom stereocenters. The van der Waals surface area contributed by atoms with E-state index in [1.165, 1.54) is 5.69 Å². The van der Waals surface area contributed by atoms with E-state index in [1.807, 2.05) is 18.2 Å². The van der Waals surface area contributed by atoms with E-state index in [-0.39, 0.29) is 6.61 Å². The van der Waals surface area contributed by atoms with Gasteiger partial charge in [0.1, 0.15) is 0 Å². The predicted molar refractivity (Wildman–Crippen MR) is 71.3 cm³/mol. The van der Waals surface area contributed by atoms with Crippen molar-refractivity contribution in [2.75, 3.05) is 31.1 Å². The van der Waals surface area contributed by atoms with Crippen LogP contribution in [0, 0.1) is 0 Å². The second kappa shape index (κ2) is 5.52. The Bertz CT molecular complexity index is 367. The van der Waals surface area contributed by atoms with Crippen molar-refractivity contribution in [3.63, 3.8) is 0 Å². The number of anilines is 1. The van der Waals surface area contributed by atoms with Gasteiger partial charge >= 0.3 is 0 Å². The van der Waals surface area contributed by atoms with Crippen LogP contribution in [-0.2, 0) is 6.61 Å². The molecule has 3 nitrogen and oxygen atoms in total. The average Bonchev–Trinajstić information content (AvgIpc) is 2.38. The quantitative estimate of drug-likeness (QED) is 0.862. The normalized spacial score (nSPS) is 21.8. The Morgan fingerprint density at radius 1 is 1.29 bits per heavy atom. The second-order valence-electron chi connectivity index (χ2n) is 4.71. The predicted octanol–water partition coefficient (Wildman–Crippen LogP) is 1.71. The molecule has 94 valence electrons. The number of nitrogens with zero attached hydrogens (tertiary/aromatic N) is 2. The molecule has 1 aliphatic heterocycles. The topological polar surface area (TPSA) is 26.7 Å². The molecular formula is C14H22N2O. The van der Waals surface area contributed by atoms with Gasteiger partial charge in [0.25, 0.3) is 0 Å². The van der Waals surface area contributed by atoms with Crippen LogP contribution < -0.4 is 4.90 Å². The zero-order chi connectivity index (χ0) is 12.3. The van der Waals surface area contributed by atoms with Crippen LogP contribution in [-0.4, -0.2) is 42.2 Å². The number of hydrogen-bond donors (Lipinski definition) is 1. The Hall–Kier alpha value is -1.06. The summed E-state index contributed by atoms with van der Waals surface area (Å²) in [7, 11) is 0. The molecular weight excluding hydrogens is 212 g/mol. The lowest BCUT2D eigenvalue weighted by molar-refractivity contribution is 0.199. The van der Waals surface area contributed by atoms with Crippen molar-refractivity contribution in [3.8, 4) is 0 Å². The van der Waals surface area contributed by atoms with E-state index in [1.54, 1.807) is 0 Å². The van der Waals surface area contributed by atoms with E-state index in [0.29, 0.717) is 6.04 Å². The fourth-order valence-electron chi connectivity index (χ4n) is 2.64. The van der Waals surface area contributed by atoms with E-state index >= 15 is 0 Å². The van der Waals surface area contributed by atoms with Gasteiger partial charge in [-0.2, -0.15) is 0 Å². The summed E-state index contributed by atoms with van der Waals surface area (Å²) < 4.78 is 0. The summed E-state index contributed by atoms with van der Waals surface area (Å²) in [6, 6.07) is 8.73. The van der Waals surface area contributed by atoms with Gasteiger partial charge in [-0.3, -0.25) is 4.90 Å². The van der Waals surface area contributed by atoms with Gasteiger partial charge in [0, 0.05) is 36.9 Å². The van der Waals surface area contributed by atoms with E-state index < -0.39 is 0 Å². The highest BCUT2D eigenvalue weighted by molar-refractivity contribution is 5.53. The van der Waals surface area contributed by atoms with Crippen molar-refractivity contribution in [1.29, 1.82) is 0 Å². The Balaban J connectivity index is 2.13. The first-order chi connectivity index (χ1) is 8.26. The lowest BCUT2D eigenvalue weighted by Crippen LogP contribution is -2.51. The summed E-state index contributed by atoms with van der Waals surface area (Å²) in [5, 5.41) is 9.38. The molecule has 1 aromatic rings. The fourth-order valence-corrected chi connectivity index (χ4v) is 2.64. The monoisotopic (exact) mass is 234 g/mol. The smallest absolute Gasteiger partial charge is 0.0702 e. The third-order valence-corrected chi connectivity index (χ3v) is 3.67. The van der Waals surface area contributed by atoms with Gasteiger partial charge in [0.15, 0.2) is 0 Å². The molecule has 1 saturated heterocycles. The van der Waals surface area contributed by atoms with Crippen LogP contribution in [0.2, 0.25) is 0 Å². The highest BCUT2D eigenvalue weighted by Crippen LogP contribution is 2.23. The summed E-state index contributed by atoms with van der Waals surface area (Å²) in [4.78, 5) is 4.89. The van der Waals surface area contributed by atoms with Crippen LogP contribution in [0.25, 0.3) is 0 Å². The largest absolute Gasteiger partial charge is 0.392 e. The summed E-state index contributed by atoms with van der Waals surface area (Å²) in [6.45, 7) is 8.94. The Morgan fingerprint density at radius 2 is 2.06 bits per heavy atom. The fraction of sp³-hybridized carbons (Fsp3) is 0.571. The minimum Gasteiger partial charge on any atom is -0.392 e. The molecule has 0 amide bonds. The van der Waals surface area contributed by atoms with E-state index in [2.05, 4.69) is 29.7 Å². The van der Waals surface area contributed by atoms with Crippen molar-refractivity contribution in [3.05, 3.63) is 29.8 Å². The maximum absolute atomic E-state index is 9.38. The first kappa shape index (κ1) is 12.4. The molecule has 1 fully saturated rings. The molecule has 0 aromatic heterocycles. The van der Waals surface area contributed by atoms with Crippen LogP contribution >= 0.6 is 0 Å². The number of likely N-dealkylation sites (N-methyl/N-ethyl adjacent to an activating group) is 1. The van der Waals surface area contributed by atoms with Gasteiger partial charge in [-0.05, 0) is 19.5 Å². The van der Waals surface area contributed by atoms with Gasteiger partial charge < -0.3 is 10.0 Å². The standard InChI is InChI=1S/C14H22N2O/c1-3-15-8-9-16(10-12(15)2)14-7-5-4-6-13(14)11-17/h4-7,12,17H,3,8-11H2,1-2H3. The summed E-state index contributed by atoms with van der Waals surface area (Å²) >= 11 is 0. The van der Waals surface area contributed by atoms with Crippen LogP contribution in [0.15, 0.2) is 24.3 Å². The molecule has 1 heterocycles. The van der Waals surface area contributed by atoms with Crippen LogP contribution in [0.4, 0.5) is 5.69 Å². The molecule has 1 unspecified atom stereocenters. The van der Waals surface area contributed by atoms with Gasteiger partial charge in [-0.25, -0.2) is 0 Å². The SMILES string of the molecule is CCN1CCN(c2ccccc2CO)CC1C. The first-order valence-corrected chi connectivity index (χ1v) is 6.44. The number of aliphatic hydroxyl groups is 1. The number of piperazine rings is 1. The molecule has 0 saturated carbocycles. The number of para-hydroxylation sites is 1. The van der Waals surface area contributed by atoms with Crippen molar-refractivity contribution >= 4 is 5.69 Å². The van der Waals surface area contributed by atoms with Crippen LogP contribution in [0.3, 0.4) is 0 Å². The number of benzene rings is 1. The summed E-state index contributed by atoms with van der Waals surface area (Å²) in [5.74, 6) is 0. The van der Waals surface area contributed by atoms with E-state index in [0.717, 1.165) is 31.7 Å². The number of hydrogen-bond acceptors (Lipinski definition) is 3. The minimum atomic E-state index is 0.124. The van der Waals surface area contributed by atoms with Crippen molar-refractivity contribution in [1.82, 2.24) is 4.90 Å². The molecule has 0 spiro atoms. The molecule has 2 rings (SSSR count). The molecule has 3 heteroatoms. The van der Waals surface area contributed by atoms with E-state index in [4.69, 9.17) is 0 Å². The average molecular weight is 234 g/mol. The van der Waals surface area contributed by atoms with Crippen LogP contribution in [0.1, 0.15) is 19.4 Å².